The van der Waals surface area contributed by atoms with Gasteiger partial charge in [-0.25, -0.2) is 0 Å². The van der Waals surface area contributed by atoms with Gasteiger partial charge in [-0.3, -0.25) is 9.59 Å². The Morgan fingerprint density at radius 1 is 1.20 bits per heavy atom. The second kappa shape index (κ2) is 5.36. The van der Waals surface area contributed by atoms with E-state index in [9.17, 15) is 9.59 Å². The lowest BCUT2D eigenvalue weighted by atomic mass is 9.84. The van der Waals surface area contributed by atoms with Crippen LogP contribution in [0.2, 0.25) is 0 Å². The van der Waals surface area contributed by atoms with E-state index in [0.717, 1.165) is 0 Å². The second-order valence-corrected chi connectivity index (χ2v) is 4.69. The van der Waals surface area contributed by atoms with Crippen LogP contribution in [0.3, 0.4) is 0 Å². The van der Waals surface area contributed by atoms with E-state index in [1.807, 2.05) is 0 Å². The Hall–Kier alpha value is -2.30. The van der Waals surface area contributed by atoms with Gasteiger partial charge in [0.15, 0.2) is 0 Å². The van der Waals surface area contributed by atoms with Crippen molar-refractivity contribution in [3.63, 3.8) is 0 Å². The van der Waals surface area contributed by atoms with Crippen LogP contribution in [0, 0.1) is 22.7 Å². The van der Waals surface area contributed by atoms with E-state index >= 15 is 0 Å². The molecule has 1 atom stereocenters. The first-order chi connectivity index (χ1) is 9.49. The Morgan fingerprint density at radius 3 is 2.10 bits per heavy atom. The Balaban J connectivity index is 2.42. The smallest absolute Gasteiger partial charge is 0.317 e. The highest BCUT2D eigenvalue weighted by molar-refractivity contribution is 6.31. The van der Waals surface area contributed by atoms with Crippen LogP contribution in [-0.4, -0.2) is 29.8 Å². The maximum absolute atomic E-state index is 12.0. The molecule has 0 heterocycles. The van der Waals surface area contributed by atoms with Crippen molar-refractivity contribution in [3.05, 3.63) is 35.4 Å². The molecule has 5 nitrogen and oxygen atoms in total. The standard InChI is InChI=1S/C15H16N2O3/c1-3-20-15(19)11(8(2)18)12-13(16)9-6-4-5-7-10(9)14(12)17/h4-7,11-12,16-17H,3H2,1-2H3. The number of Topliss-reactive ketones (excluding diaryl/α,β-unsaturated/α-hetero) is 1. The summed E-state index contributed by atoms with van der Waals surface area (Å²) < 4.78 is 4.92. The zero-order chi connectivity index (χ0) is 14.9. The van der Waals surface area contributed by atoms with Crippen LogP contribution >= 0.6 is 0 Å². The molecule has 1 aromatic carbocycles. The van der Waals surface area contributed by atoms with E-state index in [4.69, 9.17) is 15.6 Å². The summed E-state index contributed by atoms with van der Waals surface area (Å²) in [6, 6.07) is 7.01. The van der Waals surface area contributed by atoms with Gasteiger partial charge in [-0.2, -0.15) is 0 Å². The molecule has 1 aliphatic rings. The topological polar surface area (TPSA) is 91.1 Å². The summed E-state index contributed by atoms with van der Waals surface area (Å²) >= 11 is 0. The van der Waals surface area contributed by atoms with E-state index in [-0.39, 0.29) is 23.8 Å². The minimum absolute atomic E-state index is 0.138. The first kappa shape index (κ1) is 14.1. The Morgan fingerprint density at radius 2 is 1.70 bits per heavy atom. The van der Waals surface area contributed by atoms with Gasteiger partial charge < -0.3 is 15.6 Å². The van der Waals surface area contributed by atoms with Crippen LogP contribution in [0.5, 0.6) is 0 Å². The van der Waals surface area contributed by atoms with Gasteiger partial charge in [0, 0.05) is 22.6 Å². The highest BCUT2D eigenvalue weighted by Crippen LogP contribution is 2.32. The molecule has 2 rings (SSSR count). The summed E-state index contributed by atoms with van der Waals surface area (Å²) in [5.74, 6) is -2.99. The number of esters is 1. The average Bonchev–Trinajstić information content (AvgIpc) is 2.65. The Labute approximate surface area is 117 Å². The van der Waals surface area contributed by atoms with E-state index in [1.165, 1.54) is 6.92 Å². The molecule has 5 heteroatoms. The fraction of sp³-hybridized carbons (Fsp3) is 0.333. The first-order valence-electron chi connectivity index (χ1n) is 6.42. The van der Waals surface area contributed by atoms with Crippen LogP contribution in [0.15, 0.2) is 24.3 Å². The van der Waals surface area contributed by atoms with Crippen molar-refractivity contribution in [1.82, 2.24) is 0 Å². The third-order valence-electron chi connectivity index (χ3n) is 3.44. The highest BCUT2D eigenvalue weighted by atomic mass is 16.5. The van der Waals surface area contributed by atoms with Gasteiger partial charge in [0.2, 0.25) is 0 Å². The van der Waals surface area contributed by atoms with Crippen molar-refractivity contribution in [2.45, 2.75) is 13.8 Å². The minimum atomic E-state index is -1.11. The van der Waals surface area contributed by atoms with Crippen molar-refractivity contribution in [1.29, 1.82) is 10.8 Å². The predicted octanol–water partition coefficient (Wildman–Crippen LogP) is 1.82. The number of carbonyl (C=O) groups is 2. The van der Waals surface area contributed by atoms with Crippen molar-refractivity contribution in [3.8, 4) is 0 Å². The number of hydrogen-bond acceptors (Lipinski definition) is 5. The largest absolute Gasteiger partial charge is 0.465 e. The van der Waals surface area contributed by atoms with Gasteiger partial charge in [0.25, 0.3) is 0 Å². The van der Waals surface area contributed by atoms with E-state index < -0.39 is 17.8 Å². The lowest BCUT2D eigenvalue weighted by molar-refractivity contribution is -0.151. The SMILES string of the molecule is CCOC(=O)C(C(C)=O)C1C(=N)c2ccccc2C1=N. The summed E-state index contributed by atoms with van der Waals surface area (Å²) in [7, 11) is 0. The fourth-order valence-corrected chi connectivity index (χ4v) is 2.53. The molecule has 1 aliphatic carbocycles. The third kappa shape index (κ3) is 2.15. The molecule has 0 aromatic heterocycles. The molecule has 0 saturated carbocycles. The number of nitrogens with one attached hydrogen (secondary N) is 2. The van der Waals surface area contributed by atoms with Crippen LogP contribution in [0.25, 0.3) is 0 Å². The molecule has 1 unspecified atom stereocenters. The molecule has 104 valence electrons. The van der Waals surface area contributed by atoms with Gasteiger partial charge in [-0.1, -0.05) is 24.3 Å². The monoisotopic (exact) mass is 272 g/mol. The molecule has 0 aliphatic heterocycles. The summed E-state index contributed by atoms with van der Waals surface area (Å²) in [6.07, 6.45) is 0. The molecule has 0 spiro atoms. The molecule has 0 amide bonds. The summed E-state index contributed by atoms with van der Waals surface area (Å²) in [4.78, 5) is 23.8. The van der Waals surface area contributed by atoms with E-state index in [2.05, 4.69) is 0 Å². The summed E-state index contributed by atoms with van der Waals surface area (Å²) in [5.41, 5.74) is 1.49. The predicted molar refractivity (Wildman–Crippen MR) is 74.4 cm³/mol. The van der Waals surface area contributed by atoms with Crippen molar-refractivity contribution in [2.24, 2.45) is 11.8 Å². The molecule has 20 heavy (non-hydrogen) atoms. The van der Waals surface area contributed by atoms with Crippen LogP contribution in [0.1, 0.15) is 25.0 Å². The quantitative estimate of drug-likeness (QED) is 0.647. The van der Waals surface area contributed by atoms with E-state index in [0.29, 0.717) is 11.1 Å². The van der Waals surface area contributed by atoms with Gasteiger partial charge in [-0.15, -0.1) is 0 Å². The van der Waals surface area contributed by atoms with Crippen LogP contribution in [-0.2, 0) is 14.3 Å². The van der Waals surface area contributed by atoms with Crippen molar-refractivity contribution >= 4 is 23.2 Å². The number of fused-ring (bicyclic) bond motifs is 1. The Kier molecular flexibility index (Phi) is 3.79. The molecule has 0 bridgehead atoms. The average molecular weight is 272 g/mol. The molecule has 1 aromatic rings. The fourth-order valence-electron chi connectivity index (χ4n) is 2.53. The normalized spacial score (nSPS) is 18.6. The van der Waals surface area contributed by atoms with Gasteiger partial charge >= 0.3 is 5.97 Å². The summed E-state index contributed by atoms with van der Waals surface area (Å²) in [5, 5.41) is 16.3. The Bertz CT molecular complexity index is 572. The van der Waals surface area contributed by atoms with Gasteiger partial charge in [-0.05, 0) is 13.8 Å². The van der Waals surface area contributed by atoms with Crippen LogP contribution in [0.4, 0.5) is 0 Å². The number of ether oxygens (including phenoxy) is 1. The first-order valence-corrected chi connectivity index (χ1v) is 6.42. The lowest BCUT2D eigenvalue weighted by Crippen LogP contribution is -2.37. The maximum atomic E-state index is 12.0. The van der Waals surface area contributed by atoms with E-state index in [1.54, 1.807) is 31.2 Å². The molecule has 0 radical (unpaired) electrons. The molecule has 0 fully saturated rings. The number of carbonyl (C=O) groups excluding carboxylic acids is 2. The molecular formula is C15H16N2O3. The van der Waals surface area contributed by atoms with Gasteiger partial charge in [0.05, 0.1) is 12.5 Å². The van der Waals surface area contributed by atoms with Crippen molar-refractivity contribution < 1.29 is 14.3 Å². The summed E-state index contributed by atoms with van der Waals surface area (Å²) in [6.45, 7) is 3.13. The molecular weight excluding hydrogens is 256 g/mol. The number of hydrogen-bond donors (Lipinski definition) is 2. The lowest BCUT2D eigenvalue weighted by Gasteiger charge is -2.19. The van der Waals surface area contributed by atoms with Crippen molar-refractivity contribution in [2.75, 3.05) is 6.61 Å². The third-order valence-corrected chi connectivity index (χ3v) is 3.44. The zero-order valence-electron chi connectivity index (χ0n) is 11.4. The molecule has 0 saturated heterocycles. The molecule has 2 N–H and O–H groups in total. The highest BCUT2D eigenvalue weighted by Gasteiger charge is 2.44. The number of benzene rings is 1. The second-order valence-electron chi connectivity index (χ2n) is 4.69. The minimum Gasteiger partial charge on any atom is -0.465 e. The zero-order valence-corrected chi connectivity index (χ0v) is 11.4. The number of ketones is 1. The number of rotatable bonds is 4. The maximum Gasteiger partial charge on any atom is 0.317 e. The van der Waals surface area contributed by atoms with Crippen LogP contribution < -0.4 is 0 Å². The van der Waals surface area contributed by atoms with Gasteiger partial charge in [0.1, 0.15) is 11.7 Å².